The first-order valence-corrected chi connectivity index (χ1v) is 4.25. The van der Waals surface area contributed by atoms with Gasteiger partial charge in [0.2, 0.25) is 0 Å². The van der Waals surface area contributed by atoms with Gasteiger partial charge < -0.3 is 10.5 Å². The number of nitrogens with two attached hydrogens (primary N) is 1. The summed E-state index contributed by atoms with van der Waals surface area (Å²) < 4.78 is 6.93. The molecule has 0 aliphatic heterocycles. The fourth-order valence-corrected chi connectivity index (χ4v) is 1.30. The van der Waals surface area contributed by atoms with Gasteiger partial charge in [0, 0.05) is 18.1 Å². The zero-order valence-electron chi connectivity index (χ0n) is 7.84. The molecule has 0 saturated heterocycles. The Morgan fingerprint density at radius 1 is 1.43 bits per heavy atom. The van der Waals surface area contributed by atoms with Crippen LogP contribution in [0.3, 0.4) is 0 Å². The average Bonchev–Trinajstić information content (AvgIpc) is 2.70. The van der Waals surface area contributed by atoms with Crippen molar-refractivity contribution in [1.82, 2.24) is 9.78 Å². The largest absolute Gasteiger partial charge is 0.494 e. The molecule has 0 fully saturated rings. The second-order valence-electron chi connectivity index (χ2n) is 2.88. The maximum absolute atomic E-state index is 5.69. The van der Waals surface area contributed by atoms with Crippen LogP contribution in [0.15, 0.2) is 36.7 Å². The molecule has 0 aliphatic carbocycles. The van der Waals surface area contributed by atoms with Gasteiger partial charge in [-0.2, -0.15) is 5.10 Å². The SMILES string of the molecule is COc1ccc(N)cc1-n1cccn1. The molecule has 0 spiro atoms. The van der Waals surface area contributed by atoms with Crippen molar-refractivity contribution in [1.29, 1.82) is 0 Å². The lowest BCUT2D eigenvalue weighted by Gasteiger charge is -2.08. The van der Waals surface area contributed by atoms with Gasteiger partial charge in [0.1, 0.15) is 11.4 Å². The maximum Gasteiger partial charge on any atom is 0.144 e. The van der Waals surface area contributed by atoms with Crippen LogP contribution in [0.25, 0.3) is 5.69 Å². The molecule has 72 valence electrons. The molecule has 1 heterocycles. The van der Waals surface area contributed by atoms with Gasteiger partial charge in [-0.15, -0.1) is 0 Å². The number of anilines is 1. The van der Waals surface area contributed by atoms with Crippen LogP contribution in [0.2, 0.25) is 0 Å². The third kappa shape index (κ3) is 1.42. The quantitative estimate of drug-likeness (QED) is 0.728. The van der Waals surface area contributed by atoms with Gasteiger partial charge in [-0.05, 0) is 24.3 Å². The van der Waals surface area contributed by atoms with Crippen LogP contribution in [0, 0.1) is 0 Å². The molecule has 0 bridgehead atoms. The summed E-state index contributed by atoms with van der Waals surface area (Å²) in [7, 11) is 1.62. The molecule has 0 unspecified atom stereocenters. The Balaban J connectivity index is 2.55. The third-order valence-electron chi connectivity index (χ3n) is 1.95. The van der Waals surface area contributed by atoms with E-state index >= 15 is 0 Å². The number of aromatic nitrogens is 2. The highest BCUT2D eigenvalue weighted by Gasteiger charge is 2.04. The maximum atomic E-state index is 5.69. The molecule has 0 atom stereocenters. The number of hydrogen-bond acceptors (Lipinski definition) is 3. The van der Waals surface area contributed by atoms with Crippen molar-refractivity contribution in [3.8, 4) is 11.4 Å². The summed E-state index contributed by atoms with van der Waals surface area (Å²) in [5.41, 5.74) is 7.23. The monoisotopic (exact) mass is 189 g/mol. The van der Waals surface area contributed by atoms with E-state index in [1.165, 1.54) is 0 Å². The Morgan fingerprint density at radius 2 is 2.29 bits per heavy atom. The molecule has 1 aromatic heterocycles. The van der Waals surface area contributed by atoms with Crippen molar-refractivity contribution in [2.24, 2.45) is 0 Å². The summed E-state index contributed by atoms with van der Waals surface area (Å²) >= 11 is 0. The Labute approximate surface area is 81.9 Å². The van der Waals surface area contributed by atoms with Gasteiger partial charge in [0.05, 0.1) is 7.11 Å². The molecule has 0 radical (unpaired) electrons. The first-order chi connectivity index (χ1) is 6.81. The van der Waals surface area contributed by atoms with Crippen LogP contribution in [0.1, 0.15) is 0 Å². The molecule has 4 heteroatoms. The Hall–Kier alpha value is -1.97. The van der Waals surface area contributed by atoms with E-state index in [-0.39, 0.29) is 0 Å². The van der Waals surface area contributed by atoms with E-state index in [4.69, 9.17) is 10.5 Å². The summed E-state index contributed by atoms with van der Waals surface area (Å²) in [6, 6.07) is 7.30. The first kappa shape index (κ1) is 8.62. The van der Waals surface area contributed by atoms with Gasteiger partial charge in [-0.1, -0.05) is 0 Å². The molecule has 0 saturated carbocycles. The molecule has 2 aromatic rings. The van der Waals surface area contributed by atoms with Gasteiger partial charge in [0.15, 0.2) is 0 Å². The fourth-order valence-electron chi connectivity index (χ4n) is 1.30. The standard InChI is InChI=1S/C10H11N3O/c1-14-10-4-3-8(11)7-9(10)13-6-2-5-12-13/h2-7H,11H2,1H3. The topological polar surface area (TPSA) is 53.1 Å². The Kier molecular flexibility index (Phi) is 2.10. The van der Waals surface area contributed by atoms with Crippen molar-refractivity contribution < 1.29 is 4.74 Å². The number of nitrogens with zero attached hydrogens (tertiary/aromatic N) is 2. The predicted octanol–water partition coefficient (Wildman–Crippen LogP) is 1.46. The molecule has 4 nitrogen and oxygen atoms in total. The third-order valence-corrected chi connectivity index (χ3v) is 1.95. The second kappa shape index (κ2) is 3.41. The summed E-state index contributed by atoms with van der Waals surface area (Å²) in [5, 5.41) is 4.12. The first-order valence-electron chi connectivity index (χ1n) is 4.25. The second-order valence-corrected chi connectivity index (χ2v) is 2.88. The summed E-state index contributed by atoms with van der Waals surface area (Å²) in [5.74, 6) is 0.753. The highest BCUT2D eigenvalue weighted by molar-refractivity contribution is 5.55. The highest BCUT2D eigenvalue weighted by atomic mass is 16.5. The zero-order chi connectivity index (χ0) is 9.97. The van der Waals surface area contributed by atoms with Crippen LogP contribution in [0.5, 0.6) is 5.75 Å². The summed E-state index contributed by atoms with van der Waals surface area (Å²) in [6.07, 6.45) is 3.56. The van der Waals surface area contributed by atoms with E-state index in [1.54, 1.807) is 24.1 Å². The van der Waals surface area contributed by atoms with Crippen molar-refractivity contribution in [3.63, 3.8) is 0 Å². The molecule has 14 heavy (non-hydrogen) atoms. The van der Waals surface area contributed by atoms with E-state index in [1.807, 2.05) is 24.4 Å². The lowest BCUT2D eigenvalue weighted by Crippen LogP contribution is -1.99. The van der Waals surface area contributed by atoms with Crippen LogP contribution in [-0.2, 0) is 0 Å². The molecular weight excluding hydrogens is 178 g/mol. The molecule has 1 aromatic carbocycles. The smallest absolute Gasteiger partial charge is 0.144 e. The average molecular weight is 189 g/mol. The normalized spacial score (nSPS) is 10.1. The summed E-state index contributed by atoms with van der Waals surface area (Å²) in [4.78, 5) is 0. The number of benzene rings is 1. The van der Waals surface area contributed by atoms with E-state index in [0.29, 0.717) is 5.69 Å². The Bertz CT molecular complexity index is 423. The van der Waals surface area contributed by atoms with E-state index in [9.17, 15) is 0 Å². The minimum absolute atomic E-state index is 0.691. The zero-order valence-corrected chi connectivity index (χ0v) is 7.84. The summed E-state index contributed by atoms with van der Waals surface area (Å²) in [6.45, 7) is 0. The predicted molar refractivity (Wildman–Crippen MR) is 54.5 cm³/mol. The van der Waals surface area contributed by atoms with Crippen molar-refractivity contribution >= 4 is 5.69 Å². The number of nitrogen functional groups attached to an aromatic ring is 1. The van der Waals surface area contributed by atoms with Gasteiger partial charge in [-0.3, -0.25) is 0 Å². The number of hydrogen-bond donors (Lipinski definition) is 1. The van der Waals surface area contributed by atoms with E-state index in [0.717, 1.165) is 11.4 Å². The lowest BCUT2D eigenvalue weighted by atomic mass is 10.2. The van der Waals surface area contributed by atoms with Crippen molar-refractivity contribution in [3.05, 3.63) is 36.7 Å². The molecule has 0 aliphatic rings. The minimum atomic E-state index is 0.691. The molecule has 0 amide bonds. The Morgan fingerprint density at radius 3 is 2.93 bits per heavy atom. The fraction of sp³-hybridized carbons (Fsp3) is 0.100. The van der Waals surface area contributed by atoms with Gasteiger partial charge in [0.25, 0.3) is 0 Å². The van der Waals surface area contributed by atoms with Crippen LogP contribution >= 0.6 is 0 Å². The van der Waals surface area contributed by atoms with Crippen molar-refractivity contribution in [2.75, 3.05) is 12.8 Å². The van der Waals surface area contributed by atoms with Crippen molar-refractivity contribution in [2.45, 2.75) is 0 Å². The molecule has 2 rings (SSSR count). The van der Waals surface area contributed by atoms with Gasteiger partial charge >= 0.3 is 0 Å². The van der Waals surface area contributed by atoms with E-state index < -0.39 is 0 Å². The van der Waals surface area contributed by atoms with Crippen LogP contribution < -0.4 is 10.5 Å². The number of methoxy groups -OCH3 is 1. The molecule has 2 N–H and O–H groups in total. The number of ether oxygens (including phenoxy) is 1. The minimum Gasteiger partial charge on any atom is -0.494 e. The number of rotatable bonds is 2. The van der Waals surface area contributed by atoms with Gasteiger partial charge in [-0.25, -0.2) is 4.68 Å². The highest BCUT2D eigenvalue weighted by Crippen LogP contribution is 2.24. The molecular formula is C10H11N3O. The van der Waals surface area contributed by atoms with Crippen LogP contribution in [0.4, 0.5) is 5.69 Å². The van der Waals surface area contributed by atoms with E-state index in [2.05, 4.69) is 5.10 Å². The van der Waals surface area contributed by atoms with Crippen LogP contribution in [-0.4, -0.2) is 16.9 Å². The lowest BCUT2D eigenvalue weighted by molar-refractivity contribution is 0.412.